The molecule has 0 aliphatic heterocycles. The number of esters is 1. The van der Waals surface area contributed by atoms with Gasteiger partial charge in [0.05, 0.1) is 34.4 Å². The Morgan fingerprint density at radius 2 is 1.17 bits per heavy atom. The van der Waals surface area contributed by atoms with Gasteiger partial charge < -0.3 is 27.9 Å². The minimum atomic E-state index is -4.51. The van der Waals surface area contributed by atoms with Gasteiger partial charge in [0.2, 0.25) is 0 Å². The molecule has 2 unspecified atom stereocenters. The molecule has 0 rings (SSSR count). The normalized spacial score (nSPS) is 14.3. The molecular formula is C37H72NO7P. The molecule has 0 aromatic rings. The third-order valence-corrected chi connectivity index (χ3v) is 8.67. The van der Waals surface area contributed by atoms with Crippen LogP contribution in [-0.2, 0) is 27.9 Å². The molecule has 0 N–H and O–H groups in total. The molecule has 0 heterocycles. The van der Waals surface area contributed by atoms with E-state index in [4.69, 9.17) is 18.5 Å². The highest BCUT2D eigenvalue weighted by Crippen LogP contribution is 2.38. The van der Waals surface area contributed by atoms with Gasteiger partial charge in [-0.2, -0.15) is 0 Å². The van der Waals surface area contributed by atoms with Gasteiger partial charge in [0.25, 0.3) is 7.82 Å². The molecule has 0 aromatic heterocycles. The van der Waals surface area contributed by atoms with Gasteiger partial charge >= 0.3 is 5.97 Å². The maximum Gasteiger partial charge on any atom is 0.306 e. The molecule has 9 heteroatoms. The lowest BCUT2D eigenvalue weighted by Crippen LogP contribution is -2.37. The number of quaternary nitrogens is 1. The Balaban J connectivity index is 4.31. The molecule has 0 saturated heterocycles. The second kappa shape index (κ2) is 31.3. The number of likely N-dealkylation sites (N-methyl/N-ethyl adjacent to an activating group) is 1. The Kier molecular flexibility index (Phi) is 30.6. The number of hydrogen-bond donors (Lipinski definition) is 0. The van der Waals surface area contributed by atoms with Crippen LogP contribution in [0.5, 0.6) is 0 Å². The van der Waals surface area contributed by atoms with E-state index in [1.165, 1.54) is 77.0 Å². The van der Waals surface area contributed by atoms with Crippen LogP contribution in [0.25, 0.3) is 0 Å². The van der Waals surface area contributed by atoms with Crippen molar-refractivity contribution in [2.45, 2.75) is 155 Å². The van der Waals surface area contributed by atoms with Crippen LogP contribution in [0, 0.1) is 0 Å². The van der Waals surface area contributed by atoms with E-state index in [-0.39, 0.29) is 25.8 Å². The van der Waals surface area contributed by atoms with E-state index >= 15 is 0 Å². The van der Waals surface area contributed by atoms with E-state index in [2.05, 4.69) is 38.2 Å². The Bertz CT molecular complexity index is 797. The lowest BCUT2D eigenvalue weighted by atomic mass is 10.1. The molecule has 46 heavy (non-hydrogen) atoms. The van der Waals surface area contributed by atoms with Crippen LogP contribution in [0.15, 0.2) is 24.3 Å². The SMILES string of the molecule is CCC/C=C\CCCCCCCC(=O)OC(COCCCCCCCC/C=C\CCCCCC)COP(=O)([O-])OCC[N+](C)(C)C. The van der Waals surface area contributed by atoms with E-state index in [1.807, 2.05) is 21.1 Å². The largest absolute Gasteiger partial charge is 0.756 e. The number of hydrogen-bond acceptors (Lipinski definition) is 7. The number of allylic oxidation sites excluding steroid dienone is 4. The van der Waals surface area contributed by atoms with Crippen LogP contribution in [0.1, 0.15) is 149 Å². The first-order valence-corrected chi connectivity index (χ1v) is 20.0. The maximum atomic E-state index is 12.5. The van der Waals surface area contributed by atoms with Gasteiger partial charge in [-0.1, -0.05) is 109 Å². The van der Waals surface area contributed by atoms with Gasteiger partial charge in [0.15, 0.2) is 0 Å². The highest BCUT2D eigenvalue weighted by molar-refractivity contribution is 7.45. The van der Waals surface area contributed by atoms with Crippen LogP contribution >= 0.6 is 7.82 Å². The van der Waals surface area contributed by atoms with Crippen LogP contribution < -0.4 is 4.89 Å². The minimum Gasteiger partial charge on any atom is -0.756 e. The smallest absolute Gasteiger partial charge is 0.306 e. The molecule has 0 aliphatic rings. The molecule has 0 saturated carbocycles. The number of rotatable bonds is 34. The third kappa shape index (κ3) is 34.3. The van der Waals surface area contributed by atoms with Crippen LogP contribution in [0.4, 0.5) is 0 Å². The van der Waals surface area contributed by atoms with Crippen molar-refractivity contribution in [3.8, 4) is 0 Å². The van der Waals surface area contributed by atoms with Crippen molar-refractivity contribution < 1.29 is 37.3 Å². The number of unbranched alkanes of at least 4 members (excludes halogenated alkanes) is 16. The molecule has 0 aliphatic carbocycles. The summed E-state index contributed by atoms with van der Waals surface area (Å²) in [5.74, 6) is -0.349. The van der Waals surface area contributed by atoms with Crippen molar-refractivity contribution in [1.29, 1.82) is 0 Å². The molecule has 0 aromatic carbocycles. The van der Waals surface area contributed by atoms with E-state index in [9.17, 15) is 14.3 Å². The Morgan fingerprint density at radius 1 is 0.652 bits per heavy atom. The molecule has 0 spiro atoms. The van der Waals surface area contributed by atoms with Gasteiger partial charge in [-0.15, -0.1) is 0 Å². The number of carbonyl (C=O) groups excluding carboxylic acids is 1. The van der Waals surface area contributed by atoms with Gasteiger partial charge in [0, 0.05) is 13.0 Å². The first-order valence-electron chi connectivity index (χ1n) is 18.6. The number of phosphoric acid groups is 1. The lowest BCUT2D eigenvalue weighted by Gasteiger charge is -2.28. The summed E-state index contributed by atoms with van der Waals surface area (Å²) >= 11 is 0. The van der Waals surface area contributed by atoms with Gasteiger partial charge in [0.1, 0.15) is 19.3 Å². The topological polar surface area (TPSA) is 94.1 Å². The van der Waals surface area contributed by atoms with Crippen molar-refractivity contribution in [3.05, 3.63) is 24.3 Å². The van der Waals surface area contributed by atoms with Crippen LogP contribution in [0.2, 0.25) is 0 Å². The minimum absolute atomic E-state index is 0.0239. The van der Waals surface area contributed by atoms with Crippen LogP contribution in [0.3, 0.4) is 0 Å². The Labute approximate surface area is 283 Å². The predicted octanol–water partition coefficient (Wildman–Crippen LogP) is 9.47. The summed E-state index contributed by atoms with van der Waals surface area (Å²) in [5.41, 5.74) is 0. The highest BCUT2D eigenvalue weighted by atomic mass is 31.2. The summed E-state index contributed by atoms with van der Waals surface area (Å²) in [4.78, 5) is 24.8. The first-order chi connectivity index (χ1) is 22.1. The molecule has 2 atom stereocenters. The Morgan fingerprint density at radius 3 is 1.74 bits per heavy atom. The summed E-state index contributed by atoms with van der Waals surface area (Å²) in [5, 5.41) is 0. The fourth-order valence-electron chi connectivity index (χ4n) is 4.78. The summed E-state index contributed by atoms with van der Waals surface area (Å²) in [6.45, 7) is 5.30. The molecular weight excluding hydrogens is 601 g/mol. The Hall–Kier alpha value is -1.02. The van der Waals surface area contributed by atoms with E-state index in [0.717, 1.165) is 51.4 Å². The van der Waals surface area contributed by atoms with Crippen molar-refractivity contribution in [3.63, 3.8) is 0 Å². The molecule has 272 valence electrons. The third-order valence-electron chi connectivity index (χ3n) is 7.71. The molecule has 0 bridgehead atoms. The number of phosphoric ester groups is 1. The van der Waals surface area contributed by atoms with Crippen molar-refractivity contribution >= 4 is 13.8 Å². The highest BCUT2D eigenvalue weighted by Gasteiger charge is 2.20. The molecule has 8 nitrogen and oxygen atoms in total. The second-order valence-electron chi connectivity index (χ2n) is 13.6. The predicted molar refractivity (Wildman–Crippen MR) is 190 cm³/mol. The standard InChI is InChI=1S/C37H72NO7P/c1-6-8-10-12-14-16-18-19-20-21-23-25-27-29-32-42-34-36(35-44-46(40,41)43-33-31-38(3,4)5)45-37(39)30-28-26-24-22-17-15-13-11-9-7-2/h11,13,16,18,36H,6-10,12,14-15,17,19-35H2,1-5H3/b13-11-,18-16-. The van der Waals surface area contributed by atoms with E-state index < -0.39 is 13.9 Å². The van der Waals surface area contributed by atoms with Crippen molar-refractivity contribution in [2.24, 2.45) is 0 Å². The zero-order valence-corrected chi connectivity index (χ0v) is 31.4. The van der Waals surface area contributed by atoms with Gasteiger partial charge in [-0.25, -0.2) is 0 Å². The summed E-state index contributed by atoms with van der Waals surface area (Å²) < 4.78 is 34.3. The number of carbonyl (C=O) groups is 1. The average Bonchev–Trinajstić information content (AvgIpc) is 2.99. The van der Waals surface area contributed by atoms with Crippen molar-refractivity contribution in [1.82, 2.24) is 0 Å². The summed E-state index contributed by atoms with van der Waals surface area (Å²) in [7, 11) is 1.34. The second-order valence-corrected chi connectivity index (χ2v) is 15.0. The lowest BCUT2D eigenvalue weighted by molar-refractivity contribution is -0.870. The van der Waals surface area contributed by atoms with E-state index in [1.54, 1.807) is 0 Å². The fraction of sp³-hybridized carbons (Fsp3) is 0.865. The monoisotopic (exact) mass is 674 g/mol. The fourth-order valence-corrected chi connectivity index (χ4v) is 5.50. The van der Waals surface area contributed by atoms with Crippen LogP contribution in [-0.4, -0.2) is 70.7 Å². The van der Waals surface area contributed by atoms with E-state index in [0.29, 0.717) is 24.1 Å². The average molecular weight is 674 g/mol. The quantitative estimate of drug-likeness (QED) is 0.0221. The first kappa shape index (κ1) is 45.0. The maximum absolute atomic E-state index is 12.5. The van der Waals surface area contributed by atoms with Crippen molar-refractivity contribution in [2.75, 3.05) is 54.1 Å². The molecule has 0 amide bonds. The zero-order valence-electron chi connectivity index (χ0n) is 30.5. The molecule has 0 radical (unpaired) electrons. The van der Waals surface area contributed by atoms with Gasteiger partial charge in [-0.3, -0.25) is 9.36 Å². The molecule has 0 fully saturated rings. The summed E-state index contributed by atoms with van der Waals surface area (Å²) in [6.07, 6.45) is 31.8. The summed E-state index contributed by atoms with van der Waals surface area (Å²) in [6, 6.07) is 0. The zero-order chi connectivity index (χ0) is 34.2. The van der Waals surface area contributed by atoms with Gasteiger partial charge in [-0.05, 0) is 57.8 Å². The number of ether oxygens (including phenoxy) is 2. The number of nitrogens with zero attached hydrogens (tertiary/aromatic N) is 1.